The maximum atomic E-state index is 10.6. The molecule has 70 valence electrons. The fourth-order valence-electron chi connectivity index (χ4n) is 1.47. The summed E-state index contributed by atoms with van der Waals surface area (Å²) < 4.78 is 5.26. The van der Waals surface area contributed by atoms with E-state index in [2.05, 4.69) is 0 Å². The quantitative estimate of drug-likeness (QED) is 0.609. The van der Waals surface area contributed by atoms with Crippen LogP contribution >= 0.6 is 0 Å². The Morgan fingerprint density at radius 3 is 2.92 bits per heavy atom. The molecular formula is C8H16N2O2. The summed E-state index contributed by atoms with van der Waals surface area (Å²) in [7, 11) is 0. The molecule has 1 aliphatic heterocycles. The van der Waals surface area contributed by atoms with Crippen LogP contribution in [0.15, 0.2) is 0 Å². The van der Waals surface area contributed by atoms with Crippen molar-refractivity contribution in [2.45, 2.75) is 25.3 Å². The lowest BCUT2D eigenvalue weighted by Gasteiger charge is -2.23. The number of carbonyl (C=O) groups excluding carboxylic acids is 1. The standard InChI is InChI=1S/C8H16N2O2/c9-7(8(10)11)4-6-2-1-3-12-5-6/h6-7H,1-5,9H2,(H2,10,11). The first-order valence-electron chi connectivity index (χ1n) is 4.33. The van der Waals surface area contributed by atoms with Crippen LogP contribution in [0.1, 0.15) is 19.3 Å². The molecule has 4 heteroatoms. The number of nitrogens with two attached hydrogens (primary N) is 2. The normalized spacial score (nSPS) is 26.6. The van der Waals surface area contributed by atoms with Gasteiger partial charge < -0.3 is 16.2 Å². The van der Waals surface area contributed by atoms with Crippen molar-refractivity contribution < 1.29 is 9.53 Å². The third-order valence-corrected chi connectivity index (χ3v) is 2.21. The lowest BCUT2D eigenvalue weighted by Crippen LogP contribution is -2.39. The summed E-state index contributed by atoms with van der Waals surface area (Å²) >= 11 is 0. The summed E-state index contributed by atoms with van der Waals surface area (Å²) in [6, 6.07) is -0.503. The molecule has 0 aromatic rings. The highest BCUT2D eigenvalue weighted by molar-refractivity contribution is 5.79. The second kappa shape index (κ2) is 4.42. The zero-order valence-electron chi connectivity index (χ0n) is 7.16. The molecule has 0 aromatic heterocycles. The van der Waals surface area contributed by atoms with Crippen LogP contribution in [0.3, 0.4) is 0 Å². The summed E-state index contributed by atoms with van der Waals surface area (Å²) in [5.41, 5.74) is 10.6. The first-order chi connectivity index (χ1) is 5.70. The van der Waals surface area contributed by atoms with E-state index in [4.69, 9.17) is 16.2 Å². The highest BCUT2D eigenvalue weighted by Gasteiger charge is 2.19. The number of ether oxygens (including phenoxy) is 1. The van der Waals surface area contributed by atoms with Crippen molar-refractivity contribution in [3.63, 3.8) is 0 Å². The van der Waals surface area contributed by atoms with E-state index in [0.717, 1.165) is 26.1 Å². The maximum absolute atomic E-state index is 10.6. The van der Waals surface area contributed by atoms with Crippen molar-refractivity contribution in [2.75, 3.05) is 13.2 Å². The van der Waals surface area contributed by atoms with Gasteiger partial charge >= 0.3 is 0 Å². The monoisotopic (exact) mass is 172 g/mol. The van der Waals surface area contributed by atoms with Crippen molar-refractivity contribution in [3.05, 3.63) is 0 Å². The molecule has 4 N–H and O–H groups in total. The van der Waals surface area contributed by atoms with Gasteiger partial charge in [-0.15, -0.1) is 0 Å². The lowest BCUT2D eigenvalue weighted by atomic mass is 9.94. The van der Waals surface area contributed by atoms with E-state index in [1.807, 2.05) is 0 Å². The van der Waals surface area contributed by atoms with Gasteiger partial charge in [0.15, 0.2) is 0 Å². The van der Waals surface area contributed by atoms with Crippen molar-refractivity contribution in [2.24, 2.45) is 17.4 Å². The predicted octanol–water partition coefficient (Wildman–Crippen LogP) is -0.384. The SMILES string of the molecule is NC(=O)C(N)CC1CCCOC1. The minimum atomic E-state index is -0.503. The van der Waals surface area contributed by atoms with E-state index in [0.29, 0.717) is 12.3 Å². The average Bonchev–Trinajstić information content (AvgIpc) is 2.06. The fraction of sp³-hybridized carbons (Fsp3) is 0.875. The Labute approximate surface area is 72.2 Å². The zero-order valence-corrected chi connectivity index (χ0v) is 7.16. The number of hydrogen-bond donors (Lipinski definition) is 2. The summed E-state index contributed by atoms with van der Waals surface area (Å²) in [5.74, 6) is 0.00169. The minimum Gasteiger partial charge on any atom is -0.381 e. The zero-order chi connectivity index (χ0) is 8.97. The molecular weight excluding hydrogens is 156 g/mol. The number of hydrogen-bond acceptors (Lipinski definition) is 3. The van der Waals surface area contributed by atoms with E-state index in [-0.39, 0.29) is 0 Å². The Hall–Kier alpha value is -0.610. The van der Waals surface area contributed by atoms with Crippen LogP contribution in [0.25, 0.3) is 0 Å². The molecule has 0 aromatic carbocycles. The molecule has 0 aliphatic carbocycles. The highest BCUT2D eigenvalue weighted by Crippen LogP contribution is 2.17. The van der Waals surface area contributed by atoms with Crippen LogP contribution in [0, 0.1) is 5.92 Å². The summed E-state index contributed by atoms with van der Waals surface area (Å²) in [6.07, 6.45) is 2.83. The van der Waals surface area contributed by atoms with Crippen LogP contribution in [0.2, 0.25) is 0 Å². The molecule has 12 heavy (non-hydrogen) atoms. The van der Waals surface area contributed by atoms with Gasteiger partial charge in [0, 0.05) is 13.2 Å². The Kier molecular flexibility index (Phi) is 3.49. The summed E-state index contributed by atoms with van der Waals surface area (Å²) in [4.78, 5) is 10.6. The number of rotatable bonds is 3. The lowest BCUT2D eigenvalue weighted by molar-refractivity contribution is -0.119. The second-order valence-electron chi connectivity index (χ2n) is 3.33. The third-order valence-electron chi connectivity index (χ3n) is 2.21. The molecule has 2 atom stereocenters. The van der Waals surface area contributed by atoms with Crippen LogP contribution in [0.5, 0.6) is 0 Å². The van der Waals surface area contributed by atoms with Gasteiger partial charge in [-0.3, -0.25) is 4.79 Å². The van der Waals surface area contributed by atoms with Gasteiger partial charge in [-0.05, 0) is 25.2 Å². The van der Waals surface area contributed by atoms with E-state index in [1.165, 1.54) is 0 Å². The van der Waals surface area contributed by atoms with Crippen molar-refractivity contribution in [1.29, 1.82) is 0 Å². The van der Waals surface area contributed by atoms with E-state index in [9.17, 15) is 4.79 Å². The van der Waals surface area contributed by atoms with E-state index >= 15 is 0 Å². The Balaban J connectivity index is 2.24. The number of primary amides is 1. The van der Waals surface area contributed by atoms with Crippen LogP contribution < -0.4 is 11.5 Å². The first kappa shape index (κ1) is 9.48. The second-order valence-corrected chi connectivity index (χ2v) is 3.33. The molecule has 1 amide bonds. The molecule has 0 spiro atoms. The molecule has 1 heterocycles. The van der Waals surface area contributed by atoms with E-state index in [1.54, 1.807) is 0 Å². The van der Waals surface area contributed by atoms with Crippen LogP contribution in [-0.2, 0) is 9.53 Å². The number of carbonyl (C=O) groups is 1. The van der Waals surface area contributed by atoms with Gasteiger partial charge in [-0.25, -0.2) is 0 Å². The third kappa shape index (κ3) is 2.79. The topological polar surface area (TPSA) is 78.3 Å². The van der Waals surface area contributed by atoms with Crippen molar-refractivity contribution in [1.82, 2.24) is 0 Å². The summed E-state index contributed by atoms with van der Waals surface area (Å²) in [6.45, 7) is 1.56. The van der Waals surface area contributed by atoms with Gasteiger partial charge in [0.25, 0.3) is 0 Å². The molecule has 1 aliphatic rings. The largest absolute Gasteiger partial charge is 0.381 e. The predicted molar refractivity (Wildman–Crippen MR) is 45.3 cm³/mol. The molecule has 0 radical (unpaired) electrons. The molecule has 1 fully saturated rings. The van der Waals surface area contributed by atoms with Crippen molar-refractivity contribution >= 4 is 5.91 Å². The van der Waals surface area contributed by atoms with Gasteiger partial charge in [0.05, 0.1) is 6.04 Å². The Morgan fingerprint density at radius 2 is 2.42 bits per heavy atom. The minimum absolute atomic E-state index is 0.416. The average molecular weight is 172 g/mol. The first-order valence-corrected chi connectivity index (χ1v) is 4.33. The molecule has 0 bridgehead atoms. The molecule has 4 nitrogen and oxygen atoms in total. The molecule has 1 rings (SSSR count). The van der Waals surface area contributed by atoms with Crippen LogP contribution in [0.4, 0.5) is 0 Å². The van der Waals surface area contributed by atoms with Gasteiger partial charge in [0.1, 0.15) is 0 Å². The van der Waals surface area contributed by atoms with E-state index < -0.39 is 11.9 Å². The van der Waals surface area contributed by atoms with Gasteiger partial charge in [0.2, 0.25) is 5.91 Å². The maximum Gasteiger partial charge on any atom is 0.234 e. The Morgan fingerprint density at radius 1 is 1.67 bits per heavy atom. The fourth-order valence-corrected chi connectivity index (χ4v) is 1.47. The molecule has 0 saturated carbocycles. The molecule has 1 saturated heterocycles. The van der Waals surface area contributed by atoms with Gasteiger partial charge in [-0.2, -0.15) is 0 Å². The Bertz CT molecular complexity index is 155. The highest BCUT2D eigenvalue weighted by atomic mass is 16.5. The van der Waals surface area contributed by atoms with Gasteiger partial charge in [-0.1, -0.05) is 0 Å². The van der Waals surface area contributed by atoms with Crippen LogP contribution in [-0.4, -0.2) is 25.2 Å². The smallest absolute Gasteiger partial charge is 0.234 e. The van der Waals surface area contributed by atoms with Crippen molar-refractivity contribution in [3.8, 4) is 0 Å². The molecule has 2 unspecified atom stereocenters. The summed E-state index contributed by atoms with van der Waals surface area (Å²) in [5, 5.41) is 0. The number of amides is 1.